The fourth-order valence-corrected chi connectivity index (χ4v) is 2.36. The molecule has 2 rings (SSSR count). The number of aromatic hydroxyl groups is 2. The fourth-order valence-electron chi connectivity index (χ4n) is 2.36. The van der Waals surface area contributed by atoms with E-state index in [2.05, 4.69) is 0 Å². The van der Waals surface area contributed by atoms with Crippen molar-refractivity contribution in [2.45, 2.75) is 38.1 Å². The molecule has 0 radical (unpaired) electrons. The third kappa shape index (κ3) is 1.57. The van der Waals surface area contributed by atoms with Crippen molar-refractivity contribution in [3.05, 3.63) is 23.3 Å². The van der Waals surface area contributed by atoms with E-state index >= 15 is 0 Å². The van der Waals surface area contributed by atoms with Gasteiger partial charge in [0.05, 0.1) is 0 Å². The number of hydrogen-bond acceptors (Lipinski definition) is 3. The number of rotatable bonds is 1. The second-order valence-electron chi connectivity index (χ2n) is 4.49. The number of nitrogens with two attached hydrogens (primary N) is 1. The monoisotopic (exact) mass is 207 g/mol. The second-order valence-corrected chi connectivity index (χ2v) is 4.49. The van der Waals surface area contributed by atoms with Gasteiger partial charge in [0.1, 0.15) is 0 Å². The minimum atomic E-state index is -0.449. The summed E-state index contributed by atoms with van der Waals surface area (Å²) in [5, 5.41) is 19.5. The first-order valence-corrected chi connectivity index (χ1v) is 5.35. The zero-order chi connectivity index (χ0) is 11.1. The normalized spacial score (nSPS) is 19.3. The molecule has 0 amide bonds. The molecule has 4 N–H and O–H groups in total. The largest absolute Gasteiger partial charge is 0.504 e. The topological polar surface area (TPSA) is 66.5 Å². The molecule has 3 heteroatoms. The molecule has 0 heterocycles. The summed E-state index contributed by atoms with van der Waals surface area (Å²) in [6.07, 6.45) is 3.93. The highest BCUT2D eigenvalue weighted by atomic mass is 16.3. The molecule has 0 atom stereocenters. The molecule has 1 aliphatic rings. The van der Waals surface area contributed by atoms with E-state index in [9.17, 15) is 10.2 Å². The Kier molecular flexibility index (Phi) is 2.35. The second kappa shape index (κ2) is 3.42. The van der Waals surface area contributed by atoms with Crippen LogP contribution in [0.2, 0.25) is 0 Å². The third-order valence-corrected chi connectivity index (χ3v) is 3.39. The standard InChI is InChI=1S/C12H17NO2/c1-8-4-5-9(11(15)10(8)14)12(13)6-2-3-7-12/h4-5,14-15H,2-3,6-7,13H2,1H3. The van der Waals surface area contributed by atoms with Crippen molar-refractivity contribution in [1.82, 2.24) is 0 Å². The van der Waals surface area contributed by atoms with Gasteiger partial charge in [-0.3, -0.25) is 0 Å². The van der Waals surface area contributed by atoms with Crippen LogP contribution >= 0.6 is 0 Å². The smallest absolute Gasteiger partial charge is 0.162 e. The molecular formula is C12H17NO2. The summed E-state index contributed by atoms with van der Waals surface area (Å²) in [6.45, 7) is 1.76. The van der Waals surface area contributed by atoms with Crippen LogP contribution in [0.25, 0.3) is 0 Å². The lowest BCUT2D eigenvalue weighted by atomic mass is 9.88. The Labute approximate surface area is 89.5 Å². The summed E-state index contributed by atoms with van der Waals surface area (Å²) >= 11 is 0. The van der Waals surface area contributed by atoms with E-state index in [1.165, 1.54) is 0 Å². The van der Waals surface area contributed by atoms with Crippen LogP contribution in [0.3, 0.4) is 0 Å². The number of phenols is 2. The summed E-state index contributed by atoms with van der Waals surface area (Å²) < 4.78 is 0. The first-order chi connectivity index (χ1) is 7.04. The van der Waals surface area contributed by atoms with Crippen LogP contribution in [0.4, 0.5) is 0 Å². The van der Waals surface area contributed by atoms with Gasteiger partial charge >= 0.3 is 0 Å². The van der Waals surface area contributed by atoms with Crippen molar-refractivity contribution in [1.29, 1.82) is 0 Å². The lowest BCUT2D eigenvalue weighted by molar-refractivity contribution is 0.371. The van der Waals surface area contributed by atoms with Crippen LogP contribution in [0.1, 0.15) is 36.8 Å². The van der Waals surface area contributed by atoms with E-state index in [1.807, 2.05) is 6.07 Å². The van der Waals surface area contributed by atoms with Gasteiger partial charge in [-0.1, -0.05) is 25.0 Å². The molecule has 0 aliphatic heterocycles. The lowest BCUT2D eigenvalue weighted by Crippen LogP contribution is -2.33. The van der Waals surface area contributed by atoms with Gasteiger partial charge in [0.15, 0.2) is 11.5 Å². The van der Waals surface area contributed by atoms with Gasteiger partial charge in [-0.2, -0.15) is 0 Å². The maximum atomic E-state index is 9.87. The van der Waals surface area contributed by atoms with Gasteiger partial charge in [-0.25, -0.2) is 0 Å². The predicted octanol–water partition coefficient (Wildman–Crippen LogP) is 2.13. The van der Waals surface area contributed by atoms with E-state index in [0.717, 1.165) is 25.7 Å². The highest BCUT2D eigenvalue weighted by molar-refractivity contribution is 5.52. The Hall–Kier alpha value is -1.22. The van der Waals surface area contributed by atoms with Crippen LogP contribution in [-0.4, -0.2) is 10.2 Å². The Balaban J connectivity index is 2.49. The van der Waals surface area contributed by atoms with E-state index in [4.69, 9.17) is 5.73 Å². The molecular weight excluding hydrogens is 190 g/mol. The maximum absolute atomic E-state index is 9.87. The van der Waals surface area contributed by atoms with Gasteiger partial charge in [0.2, 0.25) is 0 Å². The molecule has 0 spiro atoms. The molecule has 1 saturated carbocycles. The molecule has 1 aromatic rings. The Morgan fingerprint density at radius 1 is 1.13 bits per heavy atom. The van der Waals surface area contributed by atoms with E-state index < -0.39 is 5.54 Å². The molecule has 82 valence electrons. The maximum Gasteiger partial charge on any atom is 0.162 e. The zero-order valence-electron chi connectivity index (χ0n) is 8.95. The van der Waals surface area contributed by atoms with Crippen molar-refractivity contribution in [3.63, 3.8) is 0 Å². The van der Waals surface area contributed by atoms with Crippen molar-refractivity contribution in [2.24, 2.45) is 5.73 Å². The van der Waals surface area contributed by atoms with Crippen LogP contribution < -0.4 is 5.73 Å². The molecule has 0 unspecified atom stereocenters. The zero-order valence-corrected chi connectivity index (χ0v) is 8.95. The minimum absolute atomic E-state index is 0.0378. The molecule has 1 aliphatic carbocycles. The van der Waals surface area contributed by atoms with Crippen LogP contribution in [0.15, 0.2) is 12.1 Å². The molecule has 1 fully saturated rings. The van der Waals surface area contributed by atoms with Crippen molar-refractivity contribution in [3.8, 4) is 11.5 Å². The van der Waals surface area contributed by atoms with Crippen LogP contribution in [0.5, 0.6) is 11.5 Å². The highest BCUT2D eigenvalue weighted by Crippen LogP contribution is 2.44. The highest BCUT2D eigenvalue weighted by Gasteiger charge is 2.34. The predicted molar refractivity (Wildman–Crippen MR) is 58.8 cm³/mol. The molecule has 1 aromatic carbocycles. The molecule has 15 heavy (non-hydrogen) atoms. The van der Waals surface area contributed by atoms with Crippen molar-refractivity contribution < 1.29 is 10.2 Å². The Morgan fingerprint density at radius 2 is 1.73 bits per heavy atom. The first-order valence-electron chi connectivity index (χ1n) is 5.35. The van der Waals surface area contributed by atoms with E-state index in [-0.39, 0.29) is 11.5 Å². The first kappa shape index (κ1) is 10.3. The Morgan fingerprint density at radius 3 is 2.33 bits per heavy atom. The SMILES string of the molecule is Cc1ccc(C2(N)CCCC2)c(O)c1O. The Bertz CT molecular complexity index is 381. The van der Waals surface area contributed by atoms with E-state index in [0.29, 0.717) is 11.1 Å². The summed E-state index contributed by atoms with van der Waals surface area (Å²) in [6, 6.07) is 3.63. The number of hydrogen-bond donors (Lipinski definition) is 3. The van der Waals surface area contributed by atoms with Crippen molar-refractivity contribution in [2.75, 3.05) is 0 Å². The summed E-state index contributed by atoms with van der Waals surface area (Å²) in [7, 11) is 0. The van der Waals surface area contributed by atoms with Gasteiger partial charge in [-0.05, 0) is 25.3 Å². The minimum Gasteiger partial charge on any atom is -0.504 e. The van der Waals surface area contributed by atoms with E-state index in [1.54, 1.807) is 13.0 Å². The molecule has 0 aromatic heterocycles. The van der Waals surface area contributed by atoms with Gasteiger partial charge < -0.3 is 15.9 Å². The fraction of sp³-hybridized carbons (Fsp3) is 0.500. The van der Waals surface area contributed by atoms with Gasteiger partial charge in [0.25, 0.3) is 0 Å². The van der Waals surface area contributed by atoms with Gasteiger partial charge in [-0.15, -0.1) is 0 Å². The van der Waals surface area contributed by atoms with Gasteiger partial charge in [0, 0.05) is 11.1 Å². The molecule has 3 nitrogen and oxygen atoms in total. The molecule has 0 saturated heterocycles. The number of aryl methyl sites for hydroxylation is 1. The average Bonchev–Trinajstić information content (AvgIpc) is 2.62. The summed E-state index contributed by atoms with van der Waals surface area (Å²) in [5.74, 6) is -0.0800. The lowest BCUT2D eigenvalue weighted by Gasteiger charge is -2.25. The van der Waals surface area contributed by atoms with Crippen LogP contribution in [0, 0.1) is 6.92 Å². The third-order valence-electron chi connectivity index (χ3n) is 3.39. The number of benzene rings is 1. The quantitative estimate of drug-likeness (QED) is 0.618. The summed E-state index contributed by atoms with van der Waals surface area (Å²) in [4.78, 5) is 0. The number of phenolic OH excluding ortho intramolecular Hbond substituents is 2. The van der Waals surface area contributed by atoms with Crippen molar-refractivity contribution >= 4 is 0 Å². The summed E-state index contributed by atoms with van der Waals surface area (Å²) in [5.41, 5.74) is 7.14. The average molecular weight is 207 g/mol. The molecule has 0 bridgehead atoms. The van der Waals surface area contributed by atoms with Crippen LogP contribution in [-0.2, 0) is 5.54 Å².